The first-order valence-corrected chi connectivity index (χ1v) is 9.24. The lowest BCUT2D eigenvalue weighted by Crippen LogP contribution is -2.36. The van der Waals surface area contributed by atoms with Crippen LogP contribution in [0.15, 0.2) is 0 Å². The van der Waals surface area contributed by atoms with Gasteiger partial charge in [0, 0.05) is 6.54 Å². The van der Waals surface area contributed by atoms with E-state index in [2.05, 4.69) is 12.2 Å². The summed E-state index contributed by atoms with van der Waals surface area (Å²) in [4.78, 5) is 0. The number of aliphatic hydroxyl groups is 1. The van der Waals surface area contributed by atoms with E-state index in [-0.39, 0.29) is 6.10 Å². The Morgan fingerprint density at radius 2 is 1.67 bits per heavy atom. The highest BCUT2D eigenvalue weighted by Crippen LogP contribution is 2.48. The van der Waals surface area contributed by atoms with E-state index in [0.717, 1.165) is 24.3 Å². The Bertz CT molecular complexity index is 302. The van der Waals surface area contributed by atoms with Crippen LogP contribution in [0.4, 0.5) is 0 Å². The standard InChI is InChI=1S/C18H33NO2/c1-13-4-2-3-5-18(13)21-12-16(20)10-19-11-17(14-6-7-14)15-8-9-15/h13-20H,2-12H2,1H3. The molecular weight excluding hydrogens is 262 g/mol. The normalized spacial score (nSPS) is 31.6. The molecule has 0 aromatic rings. The van der Waals surface area contributed by atoms with E-state index in [4.69, 9.17) is 4.74 Å². The Morgan fingerprint density at radius 3 is 2.29 bits per heavy atom. The molecule has 0 spiro atoms. The minimum atomic E-state index is -0.349. The molecule has 122 valence electrons. The highest BCUT2D eigenvalue weighted by Gasteiger charge is 2.40. The first-order valence-electron chi connectivity index (χ1n) is 9.24. The van der Waals surface area contributed by atoms with Crippen LogP contribution in [-0.4, -0.2) is 37.0 Å². The summed E-state index contributed by atoms with van der Waals surface area (Å²) in [5.74, 6) is 3.52. The largest absolute Gasteiger partial charge is 0.389 e. The highest BCUT2D eigenvalue weighted by atomic mass is 16.5. The monoisotopic (exact) mass is 295 g/mol. The van der Waals surface area contributed by atoms with E-state index in [1.807, 2.05) is 0 Å². The molecule has 0 bridgehead atoms. The van der Waals surface area contributed by atoms with Crippen molar-refractivity contribution in [2.75, 3.05) is 19.7 Å². The summed E-state index contributed by atoms with van der Waals surface area (Å²) in [7, 11) is 0. The lowest BCUT2D eigenvalue weighted by Gasteiger charge is -2.29. The second-order valence-corrected chi connectivity index (χ2v) is 7.78. The Balaban J connectivity index is 1.28. The average Bonchev–Trinajstić information content (AvgIpc) is 3.36. The summed E-state index contributed by atoms with van der Waals surface area (Å²) in [5, 5.41) is 13.6. The number of hydrogen-bond donors (Lipinski definition) is 2. The van der Waals surface area contributed by atoms with Gasteiger partial charge in [0.25, 0.3) is 0 Å². The third kappa shape index (κ3) is 4.94. The second kappa shape index (κ2) is 7.43. The Labute approximate surface area is 129 Å². The van der Waals surface area contributed by atoms with Crippen LogP contribution in [0.25, 0.3) is 0 Å². The van der Waals surface area contributed by atoms with Gasteiger partial charge in [-0.1, -0.05) is 19.8 Å². The predicted octanol–water partition coefficient (Wildman–Crippen LogP) is 2.97. The zero-order valence-corrected chi connectivity index (χ0v) is 13.6. The topological polar surface area (TPSA) is 41.5 Å². The second-order valence-electron chi connectivity index (χ2n) is 7.78. The molecule has 2 N–H and O–H groups in total. The SMILES string of the molecule is CC1CCCCC1OCC(O)CNCC(C1CC1)C1CC1. The van der Waals surface area contributed by atoms with Crippen LogP contribution in [0.1, 0.15) is 58.3 Å². The molecular formula is C18H33NO2. The fraction of sp³-hybridized carbons (Fsp3) is 1.00. The average molecular weight is 295 g/mol. The number of rotatable bonds is 9. The van der Waals surface area contributed by atoms with Crippen LogP contribution < -0.4 is 5.32 Å². The van der Waals surface area contributed by atoms with Gasteiger partial charge >= 0.3 is 0 Å². The first-order chi connectivity index (χ1) is 10.2. The molecule has 3 aliphatic carbocycles. The van der Waals surface area contributed by atoms with E-state index < -0.39 is 0 Å². The molecule has 3 fully saturated rings. The van der Waals surface area contributed by atoms with Gasteiger partial charge in [0.2, 0.25) is 0 Å². The minimum absolute atomic E-state index is 0.349. The third-order valence-electron chi connectivity index (χ3n) is 5.75. The van der Waals surface area contributed by atoms with E-state index in [9.17, 15) is 5.11 Å². The zero-order chi connectivity index (χ0) is 14.7. The molecule has 3 heteroatoms. The number of hydrogen-bond acceptors (Lipinski definition) is 3. The maximum Gasteiger partial charge on any atom is 0.0897 e. The van der Waals surface area contributed by atoms with Crippen LogP contribution >= 0.6 is 0 Å². The number of nitrogens with one attached hydrogen (secondary N) is 1. The van der Waals surface area contributed by atoms with E-state index in [1.165, 1.54) is 51.4 Å². The predicted molar refractivity (Wildman–Crippen MR) is 85.2 cm³/mol. The van der Waals surface area contributed by atoms with Gasteiger partial charge in [0.15, 0.2) is 0 Å². The third-order valence-corrected chi connectivity index (χ3v) is 5.75. The zero-order valence-electron chi connectivity index (χ0n) is 13.6. The van der Waals surface area contributed by atoms with Gasteiger partial charge in [0.05, 0.1) is 18.8 Å². The number of aliphatic hydroxyl groups excluding tert-OH is 1. The van der Waals surface area contributed by atoms with Gasteiger partial charge < -0.3 is 15.2 Å². The smallest absolute Gasteiger partial charge is 0.0897 e. The van der Waals surface area contributed by atoms with Gasteiger partial charge in [-0.2, -0.15) is 0 Å². The molecule has 21 heavy (non-hydrogen) atoms. The molecule has 0 heterocycles. The molecule has 3 unspecified atom stereocenters. The van der Waals surface area contributed by atoms with Crippen LogP contribution in [0.2, 0.25) is 0 Å². The molecule has 0 aromatic carbocycles. The Kier molecular flexibility index (Phi) is 5.58. The van der Waals surface area contributed by atoms with Crippen LogP contribution in [-0.2, 0) is 4.74 Å². The van der Waals surface area contributed by atoms with Crippen molar-refractivity contribution in [3.63, 3.8) is 0 Å². The molecule has 0 saturated heterocycles. The van der Waals surface area contributed by atoms with Crippen molar-refractivity contribution in [1.29, 1.82) is 0 Å². The highest BCUT2D eigenvalue weighted by molar-refractivity contribution is 4.92. The summed E-state index contributed by atoms with van der Waals surface area (Å²) in [5.41, 5.74) is 0. The molecule has 3 rings (SSSR count). The van der Waals surface area contributed by atoms with E-state index in [0.29, 0.717) is 25.2 Å². The molecule has 3 atom stereocenters. The molecule has 0 aliphatic heterocycles. The Morgan fingerprint density at radius 1 is 1.00 bits per heavy atom. The summed E-state index contributed by atoms with van der Waals surface area (Å²) >= 11 is 0. The molecule has 3 aliphatic rings. The van der Waals surface area contributed by atoms with Crippen molar-refractivity contribution < 1.29 is 9.84 Å². The van der Waals surface area contributed by atoms with Crippen molar-refractivity contribution in [3.8, 4) is 0 Å². The fourth-order valence-corrected chi connectivity index (χ4v) is 4.01. The minimum Gasteiger partial charge on any atom is -0.389 e. The van der Waals surface area contributed by atoms with Gasteiger partial charge in [-0.15, -0.1) is 0 Å². The quantitative estimate of drug-likeness (QED) is 0.687. The van der Waals surface area contributed by atoms with Gasteiger partial charge in [-0.3, -0.25) is 0 Å². The summed E-state index contributed by atoms with van der Waals surface area (Å²) < 4.78 is 5.94. The summed E-state index contributed by atoms with van der Waals surface area (Å²) in [6, 6.07) is 0. The van der Waals surface area contributed by atoms with Crippen molar-refractivity contribution in [2.45, 2.75) is 70.5 Å². The van der Waals surface area contributed by atoms with Crippen molar-refractivity contribution in [2.24, 2.45) is 23.7 Å². The van der Waals surface area contributed by atoms with Gasteiger partial charge in [-0.05, 0) is 68.7 Å². The van der Waals surface area contributed by atoms with Crippen molar-refractivity contribution in [3.05, 3.63) is 0 Å². The van der Waals surface area contributed by atoms with E-state index in [1.54, 1.807) is 0 Å². The van der Waals surface area contributed by atoms with Crippen LogP contribution in [0.5, 0.6) is 0 Å². The summed E-state index contributed by atoms with van der Waals surface area (Å²) in [6.07, 6.45) is 10.9. The maximum atomic E-state index is 10.1. The van der Waals surface area contributed by atoms with Gasteiger partial charge in [-0.25, -0.2) is 0 Å². The summed E-state index contributed by atoms with van der Waals surface area (Å²) in [6.45, 7) is 4.58. The molecule has 3 nitrogen and oxygen atoms in total. The molecule has 0 radical (unpaired) electrons. The fourth-order valence-electron chi connectivity index (χ4n) is 4.01. The molecule has 0 aromatic heterocycles. The van der Waals surface area contributed by atoms with Gasteiger partial charge in [0.1, 0.15) is 0 Å². The molecule has 0 amide bonds. The lowest BCUT2D eigenvalue weighted by molar-refractivity contribution is -0.0453. The first kappa shape index (κ1) is 15.8. The van der Waals surface area contributed by atoms with Crippen molar-refractivity contribution >= 4 is 0 Å². The van der Waals surface area contributed by atoms with Crippen LogP contribution in [0.3, 0.4) is 0 Å². The van der Waals surface area contributed by atoms with Crippen LogP contribution in [0, 0.1) is 23.7 Å². The maximum absolute atomic E-state index is 10.1. The number of ether oxygens (including phenoxy) is 1. The molecule has 3 saturated carbocycles. The van der Waals surface area contributed by atoms with Crippen molar-refractivity contribution in [1.82, 2.24) is 5.32 Å². The van der Waals surface area contributed by atoms with E-state index >= 15 is 0 Å². The Hall–Kier alpha value is -0.120. The lowest BCUT2D eigenvalue weighted by atomic mass is 9.88.